The van der Waals surface area contributed by atoms with Crippen molar-refractivity contribution in [2.45, 2.75) is 13.3 Å². The lowest BCUT2D eigenvalue weighted by atomic mass is 10.1. The molecule has 0 aromatic heterocycles. The van der Waals surface area contributed by atoms with Crippen LogP contribution in [0, 0.1) is 6.92 Å². The Morgan fingerprint density at radius 3 is 2.43 bits per heavy atom. The molecule has 0 aliphatic carbocycles. The van der Waals surface area contributed by atoms with Crippen LogP contribution >= 0.6 is 0 Å². The number of hydrogen-bond donors (Lipinski definition) is 2. The number of carbonyl (C=O) groups excluding carboxylic acids is 1. The van der Waals surface area contributed by atoms with Crippen molar-refractivity contribution in [1.82, 2.24) is 5.32 Å². The van der Waals surface area contributed by atoms with E-state index in [-0.39, 0.29) is 6.03 Å². The van der Waals surface area contributed by atoms with E-state index in [1.54, 1.807) is 38.5 Å². The van der Waals surface area contributed by atoms with E-state index in [1.807, 2.05) is 19.1 Å². The van der Waals surface area contributed by atoms with Crippen LogP contribution in [-0.2, 0) is 6.42 Å². The minimum Gasteiger partial charge on any atom is -0.497 e. The molecule has 0 fully saturated rings. The SMILES string of the molecule is COc1ccc(NC(=O)NCCc2cc(C)ccc2OC)cc1. The van der Waals surface area contributed by atoms with Crippen LogP contribution in [0.25, 0.3) is 0 Å². The van der Waals surface area contributed by atoms with Gasteiger partial charge in [-0.3, -0.25) is 0 Å². The molecule has 2 rings (SSSR count). The number of nitrogens with one attached hydrogen (secondary N) is 2. The summed E-state index contributed by atoms with van der Waals surface area (Å²) in [5.74, 6) is 1.59. The third kappa shape index (κ3) is 4.92. The molecular weight excluding hydrogens is 292 g/mol. The van der Waals surface area contributed by atoms with Crippen molar-refractivity contribution >= 4 is 11.7 Å². The molecule has 0 bridgehead atoms. The summed E-state index contributed by atoms with van der Waals surface area (Å²) in [6.07, 6.45) is 0.709. The number of urea groups is 1. The largest absolute Gasteiger partial charge is 0.497 e. The Labute approximate surface area is 136 Å². The van der Waals surface area contributed by atoms with Gasteiger partial charge in [-0.05, 0) is 49.2 Å². The Hall–Kier alpha value is -2.69. The highest BCUT2D eigenvalue weighted by atomic mass is 16.5. The molecular formula is C18H22N2O3. The van der Waals surface area contributed by atoms with Gasteiger partial charge in [0.2, 0.25) is 0 Å². The van der Waals surface area contributed by atoms with Crippen LogP contribution in [0.2, 0.25) is 0 Å². The fourth-order valence-corrected chi connectivity index (χ4v) is 2.26. The van der Waals surface area contributed by atoms with Gasteiger partial charge in [0.15, 0.2) is 0 Å². The van der Waals surface area contributed by atoms with Gasteiger partial charge >= 0.3 is 6.03 Å². The van der Waals surface area contributed by atoms with Gasteiger partial charge in [-0.1, -0.05) is 17.7 Å². The Balaban J connectivity index is 1.83. The van der Waals surface area contributed by atoms with Crippen LogP contribution in [-0.4, -0.2) is 26.8 Å². The molecule has 2 aromatic carbocycles. The number of rotatable bonds is 6. The highest BCUT2D eigenvalue weighted by Crippen LogP contribution is 2.19. The van der Waals surface area contributed by atoms with E-state index in [4.69, 9.17) is 9.47 Å². The molecule has 0 spiro atoms. The van der Waals surface area contributed by atoms with Crippen LogP contribution in [0.4, 0.5) is 10.5 Å². The smallest absolute Gasteiger partial charge is 0.319 e. The van der Waals surface area contributed by atoms with Crippen molar-refractivity contribution in [3.05, 3.63) is 53.6 Å². The fraction of sp³-hybridized carbons (Fsp3) is 0.278. The normalized spacial score (nSPS) is 10.0. The number of methoxy groups -OCH3 is 2. The van der Waals surface area contributed by atoms with E-state index in [1.165, 1.54) is 5.56 Å². The first-order valence-electron chi connectivity index (χ1n) is 7.45. The maximum absolute atomic E-state index is 11.9. The summed E-state index contributed by atoms with van der Waals surface area (Å²) in [5.41, 5.74) is 2.97. The molecule has 0 radical (unpaired) electrons. The number of anilines is 1. The molecule has 2 N–H and O–H groups in total. The number of hydrogen-bond acceptors (Lipinski definition) is 3. The average molecular weight is 314 g/mol. The minimum absolute atomic E-state index is 0.234. The van der Waals surface area contributed by atoms with Gasteiger partial charge < -0.3 is 20.1 Å². The second-order valence-corrected chi connectivity index (χ2v) is 5.17. The van der Waals surface area contributed by atoms with E-state index >= 15 is 0 Å². The van der Waals surface area contributed by atoms with Crippen molar-refractivity contribution < 1.29 is 14.3 Å². The minimum atomic E-state index is -0.234. The third-order valence-corrected chi connectivity index (χ3v) is 3.46. The average Bonchev–Trinajstić information content (AvgIpc) is 2.56. The Kier molecular flexibility index (Phi) is 5.86. The maximum atomic E-state index is 11.9. The topological polar surface area (TPSA) is 59.6 Å². The molecule has 0 aliphatic rings. The lowest BCUT2D eigenvalue weighted by Crippen LogP contribution is -2.30. The number of benzene rings is 2. The Bertz CT molecular complexity index is 654. The van der Waals surface area contributed by atoms with E-state index in [9.17, 15) is 4.79 Å². The van der Waals surface area contributed by atoms with E-state index in [0.29, 0.717) is 13.0 Å². The van der Waals surface area contributed by atoms with Crippen molar-refractivity contribution in [2.75, 3.05) is 26.1 Å². The molecule has 0 atom stereocenters. The van der Waals surface area contributed by atoms with Crippen LogP contribution in [0.3, 0.4) is 0 Å². The van der Waals surface area contributed by atoms with Gasteiger partial charge in [0.25, 0.3) is 0 Å². The van der Waals surface area contributed by atoms with Crippen LogP contribution in [0.5, 0.6) is 11.5 Å². The highest BCUT2D eigenvalue weighted by molar-refractivity contribution is 5.89. The first-order chi connectivity index (χ1) is 11.1. The number of carbonyl (C=O) groups is 1. The summed E-state index contributed by atoms with van der Waals surface area (Å²) < 4.78 is 10.4. The Morgan fingerprint density at radius 1 is 1.04 bits per heavy atom. The van der Waals surface area contributed by atoms with Crippen molar-refractivity contribution in [2.24, 2.45) is 0 Å². The van der Waals surface area contributed by atoms with Crippen LogP contribution in [0.15, 0.2) is 42.5 Å². The molecule has 2 amide bonds. The lowest BCUT2D eigenvalue weighted by Gasteiger charge is -2.11. The first-order valence-corrected chi connectivity index (χ1v) is 7.45. The van der Waals surface area contributed by atoms with Crippen molar-refractivity contribution in [3.8, 4) is 11.5 Å². The number of ether oxygens (including phenoxy) is 2. The predicted molar refractivity (Wildman–Crippen MR) is 91.5 cm³/mol. The highest BCUT2D eigenvalue weighted by Gasteiger charge is 2.05. The summed E-state index contributed by atoms with van der Waals surface area (Å²) in [7, 11) is 3.26. The first kappa shape index (κ1) is 16.7. The van der Waals surface area contributed by atoms with Gasteiger partial charge in [0.05, 0.1) is 14.2 Å². The molecule has 5 heteroatoms. The van der Waals surface area contributed by atoms with E-state index in [0.717, 1.165) is 22.7 Å². The zero-order valence-electron chi connectivity index (χ0n) is 13.7. The molecule has 0 aliphatic heterocycles. The summed E-state index contributed by atoms with van der Waals surface area (Å²) in [5, 5.41) is 5.62. The zero-order valence-corrected chi connectivity index (χ0v) is 13.7. The van der Waals surface area contributed by atoms with Gasteiger partial charge in [0, 0.05) is 12.2 Å². The van der Waals surface area contributed by atoms with Crippen LogP contribution < -0.4 is 20.1 Å². The summed E-state index contributed by atoms with van der Waals surface area (Å²) in [4.78, 5) is 11.9. The second kappa shape index (κ2) is 8.08. The number of amides is 2. The summed E-state index contributed by atoms with van der Waals surface area (Å²) >= 11 is 0. The van der Waals surface area contributed by atoms with Crippen molar-refractivity contribution in [1.29, 1.82) is 0 Å². The van der Waals surface area contributed by atoms with E-state index < -0.39 is 0 Å². The quantitative estimate of drug-likeness (QED) is 0.859. The van der Waals surface area contributed by atoms with Gasteiger partial charge in [-0.25, -0.2) is 4.79 Å². The molecule has 2 aromatic rings. The molecule has 122 valence electrons. The predicted octanol–water partition coefficient (Wildman–Crippen LogP) is 3.38. The lowest BCUT2D eigenvalue weighted by molar-refractivity contribution is 0.252. The maximum Gasteiger partial charge on any atom is 0.319 e. The molecule has 0 saturated carbocycles. The molecule has 5 nitrogen and oxygen atoms in total. The van der Waals surface area contributed by atoms with Crippen molar-refractivity contribution in [3.63, 3.8) is 0 Å². The van der Waals surface area contributed by atoms with Gasteiger partial charge in [-0.2, -0.15) is 0 Å². The molecule has 0 saturated heterocycles. The monoisotopic (exact) mass is 314 g/mol. The standard InChI is InChI=1S/C18H22N2O3/c1-13-4-9-17(23-3)14(12-13)10-11-19-18(21)20-15-5-7-16(22-2)8-6-15/h4-9,12H,10-11H2,1-3H3,(H2,19,20,21). The Morgan fingerprint density at radius 2 is 1.78 bits per heavy atom. The fourth-order valence-electron chi connectivity index (χ4n) is 2.26. The molecule has 0 unspecified atom stereocenters. The van der Waals surface area contributed by atoms with Crippen LogP contribution in [0.1, 0.15) is 11.1 Å². The number of aryl methyl sites for hydroxylation is 1. The molecule has 0 heterocycles. The van der Waals surface area contributed by atoms with Gasteiger partial charge in [0.1, 0.15) is 11.5 Å². The third-order valence-electron chi connectivity index (χ3n) is 3.46. The van der Waals surface area contributed by atoms with Gasteiger partial charge in [-0.15, -0.1) is 0 Å². The summed E-state index contributed by atoms with van der Waals surface area (Å²) in [6.45, 7) is 2.56. The molecule has 23 heavy (non-hydrogen) atoms. The second-order valence-electron chi connectivity index (χ2n) is 5.17. The zero-order chi connectivity index (χ0) is 16.7. The summed E-state index contributed by atoms with van der Waals surface area (Å²) in [6, 6.07) is 13.0. The van der Waals surface area contributed by atoms with E-state index in [2.05, 4.69) is 16.7 Å².